The number of thiazole rings is 1. The molecule has 0 aliphatic rings. The summed E-state index contributed by atoms with van der Waals surface area (Å²) in [7, 11) is 0. The molecule has 46 heavy (non-hydrogen) atoms. The number of aromatic amines is 1. The quantitative estimate of drug-likeness (QED) is 0.0665. The second-order valence-electron chi connectivity index (χ2n) is 11.8. The number of benzene rings is 4. The minimum atomic E-state index is -0.684. The van der Waals surface area contributed by atoms with Crippen LogP contribution in [0.4, 0.5) is 0 Å². The molecule has 0 bridgehead atoms. The Bertz CT molecular complexity index is 1620. The summed E-state index contributed by atoms with van der Waals surface area (Å²) in [5.74, 6) is 0.646. The van der Waals surface area contributed by atoms with Crippen molar-refractivity contribution in [3.8, 4) is 5.75 Å². The highest BCUT2D eigenvalue weighted by molar-refractivity contribution is 7.16. The third kappa shape index (κ3) is 10.7. The van der Waals surface area contributed by atoms with E-state index >= 15 is 0 Å². The topological polar surface area (TPSA) is 74.8 Å². The van der Waals surface area contributed by atoms with Gasteiger partial charge in [0.1, 0.15) is 24.1 Å². The predicted octanol–water partition coefficient (Wildman–Crippen LogP) is 8.13. The van der Waals surface area contributed by atoms with Crippen LogP contribution in [-0.2, 0) is 30.7 Å². The summed E-state index contributed by atoms with van der Waals surface area (Å²) in [5.41, 5.74) is 5.26. The summed E-state index contributed by atoms with van der Waals surface area (Å²) >= 11 is 1.17. The zero-order valence-corrected chi connectivity index (χ0v) is 27.4. The van der Waals surface area contributed by atoms with Gasteiger partial charge in [-0.25, -0.2) is 0 Å². The van der Waals surface area contributed by atoms with E-state index in [1.807, 2.05) is 60.7 Å². The number of hydrogen-bond donors (Lipinski definition) is 2. The number of nitrogens with one attached hydrogen (secondary N) is 1. The highest BCUT2D eigenvalue weighted by Gasteiger charge is 2.20. The van der Waals surface area contributed by atoms with Crippen LogP contribution in [0, 0.1) is 0 Å². The average Bonchev–Trinajstić information content (AvgIpc) is 3.49. The molecule has 0 amide bonds. The maximum absolute atomic E-state index is 12.4. The van der Waals surface area contributed by atoms with Gasteiger partial charge in [-0.2, -0.15) is 0 Å². The van der Waals surface area contributed by atoms with Crippen molar-refractivity contribution in [2.75, 3.05) is 19.8 Å². The fourth-order valence-electron chi connectivity index (χ4n) is 5.71. The number of unbranched alkanes of at least 4 members (excludes halogenated alkanes) is 4. The van der Waals surface area contributed by atoms with Gasteiger partial charge < -0.3 is 19.6 Å². The number of aromatic nitrogens is 1. The fraction of sp³-hybridized carbons (Fsp3) is 0.359. The molecule has 2 N–H and O–H groups in total. The van der Waals surface area contributed by atoms with E-state index in [1.165, 1.54) is 22.5 Å². The van der Waals surface area contributed by atoms with E-state index in [0.717, 1.165) is 80.5 Å². The number of rotatable bonds is 20. The summed E-state index contributed by atoms with van der Waals surface area (Å²) in [6, 6.07) is 34.8. The Kier molecular flexibility index (Phi) is 13.5. The summed E-state index contributed by atoms with van der Waals surface area (Å²) in [6.45, 7) is 3.51. The Balaban J connectivity index is 1.09. The van der Waals surface area contributed by atoms with Crippen LogP contribution in [0.3, 0.4) is 0 Å². The zero-order valence-electron chi connectivity index (χ0n) is 26.6. The molecule has 0 radical (unpaired) electrons. The number of H-pyrrole nitrogens is 1. The molecular weight excluding hydrogens is 593 g/mol. The lowest BCUT2D eigenvalue weighted by Crippen LogP contribution is -2.37. The third-order valence-electron chi connectivity index (χ3n) is 8.24. The molecule has 0 fully saturated rings. The molecule has 1 unspecified atom stereocenters. The standard InChI is InChI=1S/C39H46N2O4S/c42-36(28-34-23-24-35(37-38(34)46-39(43)40-37)45-30-33-21-10-5-11-22-33)41(29-32-19-8-4-9-20-32)25-13-1-2-14-26-44-27-15-12-18-31-16-6-3-7-17-31/h3-11,16-17,19-24,36,42H,1-2,12-15,18,25-30H2,(H,40,43). The Hall–Kier alpha value is -3.75. The minimum absolute atomic E-state index is 0.126. The van der Waals surface area contributed by atoms with Crippen LogP contribution in [0.2, 0.25) is 0 Å². The van der Waals surface area contributed by atoms with Crippen LogP contribution in [0.15, 0.2) is 108 Å². The summed E-state index contributed by atoms with van der Waals surface area (Å²) in [6.07, 6.45) is 7.36. The number of aliphatic hydroxyl groups is 1. The van der Waals surface area contributed by atoms with Crippen LogP contribution in [0.5, 0.6) is 5.75 Å². The monoisotopic (exact) mass is 638 g/mol. The van der Waals surface area contributed by atoms with Crippen LogP contribution >= 0.6 is 11.3 Å². The molecule has 7 heteroatoms. The number of nitrogens with zero attached hydrogens (tertiary/aromatic N) is 1. The van der Waals surface area contributed by atoms with Crippen molar-refractivity contribution in [3.05, 3.63) is 135 Å². The van der Waals surface area contributed by atoms with Crippen molar-refractivity contribution in [2.45, 2.75) is 70.7 Å². The highest BCUT2D eigenvalue weighted by atomic mass is 32.1. The lowest BCUT2D eigenvalue weighted by molar-refractivity contribution is -0.00259. The molecule has 0 aliphatic heterocycles. The zero-order chi connectivity index (χ0) is 31.8. The summed E-state index contributed by atoms with van der Waals surface area (Å²) < 4.78 is 12.8. The molecule has 0 saturated heterocycles. The maximum Gasteiger partial charge on any atom is 0.305 e. The second-order valence-corrected chi connectivity index (χ2v) is 12.8. The molecule has 0 spiro atoms. The first kappa shape index (κ1) is 33.6. The minimum Gasteiger partial charge on any atom is -0.487 e. The van der Waals surface area contributed by atoms with Crippen LogP contribution < -0.4 is 9.61 Å². The first-order chi connectivity index (χ1) is 22.7. The van der Waals surface area contributed by atoms with Gasteiger partial charge in [-0.1, -0.05) is 121 Å². The van der Waals surface area contributed by atoms with Crippen molar-refractivity contribution in [1.29, 1.82) is 0 Å². The smallest absolute Gasteiger partial charge is 0.305 e. The molecule has 4 aromatic carbocycles. The largest absolute Gasteiger partial charge is 0.487 e. The van der Waals surface area contributed by atoms with Gasteiger partial charge >= 0.3 is 4.87 Å². The van der Waals surface area contributed by atoms with Crippen molar-refractivity contribution in [3.63, 3.8) is 0 Å². The molecule has 5 aromatic rings. The van der Waals surface area contributed by atoms with Gasteiger partial charge in [-0.05, 0) is 60.4 Å². The second kappa shape index (κ2) is 18.4. The molecule has 1 heterocycles. The van der Waals surface area contributed by atoms with E-state index in [4.69, 9.17) is 9.47 Å². The van der Waals surface area contributed by atoms with Gasteiger partial charge in [-0.3, -0.25) is 9.69 Å². The molecule has 0 aliphatic carbocycles. The van der Waals surface area contributed by atoms with E-state index in [2.05, 4.69) is 52.3 Å². The Morgan fingerprint density at radius 2 is 1.35 bits per heavy atom. The number of ether oxygens (including phenoxy) is 2. The third-order valence-corrected chi connectivity index (χ3v) is 9.20. The van der Waals surface area contributed by atoms with Crippen LogP contribution in [-0.4, -0.2) is 41.0 Å². The first-order valence-electron chi connectivity index (χ1n) is 16.5. The highest BCUT2D eigenvalue weighted by Crippen LogP contribution is 2.31. The van der Waals surface area contributed by atoms with Gasteiger partial charge in [0.05, 0.1) is 4.70 Å². The van der Waals surface area contributed by atoms with E-state index in [1.54, 1.807) is 0 Å². The molecular formula is C39H46N2O4S. The fourth-order valence-corrected chi connectivity index (χ4v) is 6.58. The van der Waals surface area contributed by atoms with Crippen LogP contribution in [0.25, 0.3) is 10.2 Å². The average molecular weight is 639 g/mol. The van der Waals surface area contributed by atoms with Crippen molar-refractivity contribution < 1.29 is 14.6 Å². The summed E-state index contributed by atoms with van der Waals surface area (Å²) in [5, 5.41) is 11.5. The summed E-state index contributed by atoms with van der Waals surface area (Å²) in [4.78, 5) is 17.4. The number of aliphatic hydroxyl groups excluding tert-OH is 1. The SMILES string of the molecule is O=c1[nH]c2c(OCc3ccccc3)ccc(CC(O)N(CCCCCCOCCCCc3ccccc3)Cc3ccccc3)c2s1. The Labute approximate surface area is 276 Å². The van der Waals surface area contributed by atoms with Gasteiger partial charge in [0.25, 0.3) is 0 Å². The van der Waals surface area contributed by atoms with E-state index in [9.17, 15) is 9.90 Å². The van der Waals surface area contributed by atoms with Gasteiger partial charge in [0.15, 0.2) is 0 Å². The van der Waals surface area contributed by atoms with E-state index in [0.29, 0.717) is 30.8 Å². The number of aryl methyl sites for hydroxylation is 1. The molecule has 0 saturated carbocycles. The van der Waals surface area contributed by atoms with Crippen molar-refractivity contribution in [1.82, 2.24) is 9.88 Å². The van der Waals surface area contributed by atoms with E-state index in [-0.39, 0.29) is 4.87 Å². The number of hydrogen-bond acceptors (Lipinski definition) is 6. The van der Waals surface area contributed by atoms with Gasteiger partial charge in [0, 0.05) is 32.7 Å². The predicted molar refractivity (Wildman–Crippen MR) is 188 cm³/mol. The van der Waals surface area contributed by atoms with Crippen LogP contribution in [0.1, 0.15) is 60.8 Å². The van der Waals surface area contributed by atoms with E-state index < -0.39 is 6.23 Å². The number of fused-ring (bicyclic) bond motifs is 1. The molecule has 242 valence electrons. The lowest BCUT2D eigenvalue weighted by atomic mass is 10.1. The van der Waals surface area contributed by atoms with Gasteiger partial charge in [-0.15, -0.1) is 0 Å². The van der Waals surface area contributed by atoms with Crippen molar-refractivity contribution >= 4 is 21.6 Å². The lowest BCUT2D eigenvalue weighted by Gasteiger charge is -2.28. The molecule has 5 rings (SSSR count). The Morgan fingerprint density at radius 1 is 0.717 bits per heavy atom. The van der Waals surface area contributed by atoms with Crippen molar-refractivity contribution in [2.24, 2.45) is 0 Å². The normalized spacial score (nSPS) is 12.1. The Morgan fingerprint density at radius 3 is 2.07 bits per heavy atom. The molecule has 6 nitrogen and oxygen atoms in total. The molecule has 1 atom stereocenters. The first-order valence-corrected chi connectivity index (χ1v) is 17.4. The van der Waals surface area contributed by atoms with Gasteiger partial charge in [0.2, 0.25) is 0 Å². The molecule has 1 aromatic heterocycles. The maximum atomic E-state index is 12.4.